The number of carbonyl (C=O) groups excluding carboxylic acids is 2. The van der Waals surface area contributed by atoms with Crippen LogP contribution in [0.2, 0.25) is 5.02 Å². The van der Waals surface area contributed by atoms with E-state index in [0.29, 0.717) is 32.8 Å². The molecule has 3 rings (SSSR count). The van der Waals surface area contributed by atoms with E-state index < -0.39 is 0 Å². The van der Waals surface area contributed by atoms with E-state index in [0.717, 1.165) is 30.7 Å². The highest BCUT2D eigenvalue weighted by atomic mass is 35.5. The molecule has 6 nitrogen and oxygen atoms in total. The Hall–Kier alpha value is -1.34. The summed E-state index contributed by atoms with van der Waals surface area (Å²) in [5, 5.41) is 3.83. The van der Waals surface area contributed by atoms with Crippen LogP contribution >= 0.6 is 24.0 Å². The summed E-state index contributed by atoms with van der Waals surface area (Å²) in [7, 11) is 0. The second-order valence-corrected chi connectivity index (χ2v) is 8.27. The molecular formula is C21H31Cl2N3O3. The van der Waals surface area contributed by atoms with Crippen LogP contribution in [0.1, 0.15) is 44.1 Å². The summed E-state index contributed by atoms with van der Waals surface area (Å²) in [6, 6.07) is 8.08. The number of hydrogen-bond donors (Lipinski definition) is 2. The van der Waals surface area contributed by atoms with Crippen LogP contribution in [0.25, 0.3) is 0 Å². The molecule has 0 aromatic heterocycles. The molecule has 2 amide bonds. The van der Waals surface area contributed by atoms with E-state index in [1.54, 1.807) is 4.90 Å². The summed E-state index contributed by atoms with van der Waals surface area (Å²) < 4.78 is 5.25. The lowest BCUT2D eigenvalue weighted by Gasteiger charge is -2.40. The second kappa shape index (κ2) is 11.2. The molecule has 1 saturated heterocycles. The predicted molar refractivity (Wildman–Crippen MR) is 116 cm³/mol. The van der Waals surface area contributed by atoms with E-state index in [4.69, 9.17) is 22.1 Å². The van der Waals surface area contributed by atoms with Gasteiger partial charge in [-0.1, -0.05) is 23.7 Å². The number of morpholine rings is 1. The minimum atomic E-state index is -0.0710. The van der Waals surface area contributed by atoms with Gasteiger partial charge < -0.3 is 20.7 Å². The van der Waals surface area contributed by atoms with Crippen molar-refractivity contribution in [1.82, 2.24) is 10.2 Å². The lowest BCUT2D eigenvalue weighted by Crippen LogP contribution is -2.45. The molecule has 29 heavy (non-hydrogen) atoms. The molecule has 0 atom stereocenters. The van der Waals surface area contributed by atoms with Gasteiger partial charge in [0, 0.05) is 49.0 Å². The topological polar surface area (TPSA) is 84.7 Å². The normalized spacial score (nSPS) is 24.5. The van der Waals surface area contributed by atoms with Crippen LogP contribution in [0, 0.1) is 0 Å². The number of nitrogens with two attached hydrogens (primary N) is 1. The van der Waals surface area contributed by atoms with Gasteiger partial charge in [-0.15, -0.1) is 12.4 Å². The van der Waals surface area contributed by atoms with Crippen molar-refractivity contribution in [3.63, 3.8) is 0 Å². The maximum absolute atomic E-state index is 12.3. The van der Waals surface area contributed by atoms with E-state index in [2.05, 4.69) is 11.4 Å². The van der Waals surface area contributed by atoms with Crippen molar-refractivity contribution in [3.05, 3.63) is 34.9 Å². The first-order valence-corrected chi connectivity index (χ1v) is 10.5. The predicted octanol–water partition coefficient (Wildman–Crippen LogP) is 2.66. The van der Waals surface area contributed by atoms with E-state index in [1.165, 1.54) is 5.56 Å². The Kier molecular flexibility index (Phi) is 9.21. The van der Waals surface area contributed by atoms with E-state index in [-0.39, 0.29) is 48.5 Å². The first-order chi connectivity index (χ1) is 13.5. The zero-order chi connectivity index (χ0) is 20.0. The fourth-order valence-electron chi connectivity index (χ4n) is 4.23. The monoisotopic (exact) mass is 443 g/mol. The summed E-state index contributed by atoms with van der Waals surface area (Å²) in [4.78, 5) is 26.2. The third-order valence-corrected chi connectivity index (χ3v) is 6.30. The van der Waals surface area contributed by atoms with Crippen molar-refractivity contribution in [1.29, 1.82) is 0 Å². The number of hydrogen-bond acceptors (Lipinski definition) is 4. The van der Waals surface area contributed by atoms with Crippen molar-refractivity contribution in [2.75, 3.05) is 32.8 Å². The van der Waals surface area contributed by atoms with Gasteiger partial charge in [-0.05, 0) is 43.4 Å². The summed E-state index contributed by atoms with van der Waals surface area (Å²) in [6.07, 6.45) is 4.10. The number of nitrogens with zero attached hydrogens (tertiary/aromatic N) is 1. The summed E-state index contributed by atoms with van der Waals surface area (Å²) in [5.41, 5.74) is 7.25. The Morgan fingerprint density at radius 2 is 1.90 bits per heavy atom. The molecule has 1 aliphatic heterocycles. The van der Waals surface area contributed by atoms with Crippen molar-refractivity contribution in [3.8, 4) is 0 Å². The minimum Gasteiger partial charge on any atom is -0.378 e. The smallest absolute Gasteiger partial charge is 0.223 e. The number of benzene rings is 1. The van der Waals surface area contributed by atoms with Crippen LogP contribution in [0.3, 0.4) is 0 Å². The maximum Gasteiger partial charge on any atom is 0.223 e. The van der Waals surface area contributed by atoms with Crippen LogP contribution in [-0.4, -0.2) is 55.6 Å². The fraction of sp³-hybridized carbons (Fsp3) is 0.619. The lowest BCUT2D eigenvalue weighted by atomic mass is 9.68. The summed E-state index contributed by atoms with van der Waals surface area (Å²) in [6.45, 7) is 2.97. The van der Waals surface area contributed by atoms with Gasteiger partial charge in [0.05, 0.1) is 13.2 Å². The Bertz CT molecular complexity index is 688. The van der Waals surface area contributed by atoms with E-state index >= 15 is 0 Å². The van der Waals surface area contributed by atoms with Crippen LogP contribution in [0.5, 0.6) is 0 Å². The minimum absolute atomic E-state index is 0. The van der Waals surface area contributed by atoms with Gasteiger partial charge >= 0.3 is 0 Å². The Labute approximate surface area is 183 Å². The number of ether oxygens (including phenoxy) is 1. The molecule has 1 aliphatic carbocycles. The van der Waals surface area contributed by atoms with Gasteiger partial charge in [0.2, 0.25) is 11.8 Å². The van der Waals surface area contributed by atoms with Crippen molar-refractivity contribution in [2.45, 2.75) is 50.0 Å². The zero-order valence-electron chi connectivity index (χ0n) is 16.7. The quantitative estimate of drug-likeness (QED) is 0.707. The molecule has 1 heterocycles. The van der Waals surface area contributed by atoms with Crippen LogP contribution in [0.4, 0.5) is 0 Å². The molecule has 0 radical (unpaired) electrons. The van der Waals surface area contributed by atoms with Gasteiger partial charge in [0.25, 0.3) is 0 Å². The molecule has 0 spiro atoms. The molecule has 3 N–H and O–H groups in total. The third kappa shape index (κ3) is 6.32. The molecule has 0 bridgehead atoms. The first kappa shape index (κ1) is 23.9. The van der Waals surface area contributed by atoms with Crippen LogP contribution in [-0.2, 0) is 19.7 Å². The maximum atomic E-state index is 12.3. The largest absolute Gasteiger partial charge is 0.378 e. The standard InChI is InChI=1S/C21H30ClN3O3.ClH/c22-17-3-1-2-16(14-17)21(15-23)8-6-18(7-9-21)24-19(26)4-5-20(27)25-10-12-28-13-11-25;/h1-3,14,18H,4-13,15,23H2,(H,24,26);1H. The Morgan fingerprint density at radius 1 is 1.21 bits per heavy atom. The van der Waals surface area contributed by atoms with Crippen LogP contribution in [0.15, 0.2) is 24.3 Å². The molecule has 8 heteroatoms. The fourth-order valence-corrected chi connectivity index (χ4v) is 4.43. The third-order valence-electron chi connectivity index (χ3n) is 6.07. The zero-order valence-corrected chi connectivity index (χ0v) is 18.3. The number of nitrogens with one attached hydrogen (secondary N) is 1. The molecular weight excluding hydrogens is 413 g/mol. The molecule has 1 saturated carbocycles. The number of amides is 2. The van der Waals surface area contributed by atoms with Gasteiger partial charge in [-0.25, -0.2) is 0 Å². The van der Waals surface area contributed by atoms with Gasteiger partial charge in [0.1, 0.15) is 0 Å². The van der Waals surface area contributed by atoms with Gasteiger partial charge in [-0.3, -0.25) is 9.59 Å². The molecule has 162 valence electrons. The number of rotatable bonds is 6. The average molecular weight is 444 g/mol. The first-order valence-electron chi connectivity index (χ1n) is 10.1. The Morgan fingerprint density at radius 3 is 2.52 bits per heavy atom. The van der Waals surface area contributed by atoms with Gasteiger partial charge in [0.15, 0.2) is 0 Å². The highest BCUT2D eigenvalue weighted by molar-refractivity contribution is 6.30. The lowest BCUT2D eigenvalue weighted by molar-refractivity contribution is -0.137. The van der Waals surface area contributed by atoms with E-state index in [9.17, 15) is 9.59 Å². The van der Waals surface area contributed by atoms with Gasteiger partial charge in [-0.2, -0.15) is 0 Å². The SMILES string of the molecule is Cl.NCC1(c2cccc(Cl)c2)CCC(NC(=O)CCC(=O)N2CCOCC2)CC1. The number of halogens is 2. The average Bonchev–Trinajstić information content (AvgIpc) is 2.73. The number of carbonyl (C=O) groups is 2. The Balaban J connectivity index is 0.00000300. The van der Waals surface area contributed by atoms with E-state index in [1.807, 2.05) is 18.2 Å². The molecule has 1 aromatic rings. The van der Waals surface area contributed by atoms with Crippen molar-refractivity contribution in [2.24, 2.45) is 5.73 Å². The molecule has 1 aromatic carbocycles. The second-order valence-electron chi connectivity index (χ2n) is 7.83. The van der Waals surface area contributed by atoms with Crippen molar-refractivity contribution < 1.29 is 14.3 Å². The molecule has 2 aliphatic rings. The summed E-state index contributed by atoms with van der Waals surface area (Å²) >= 11 is 6.16. The molecule has 2 fully saturated rings. The molecule has 0 unspecified atom stereocenters. The highest BCUT2D eigenvalue weighted by Gasteiger charge is 2.36. The van der Waals surface area contributed by atoms with Crippen molar-refractivity contribution >= 4 is 35.8 Å². The summed E-state index contributed by atoms with van der Waals surface area (Å²) in [5.74, 6) is -0.0141. The van der Waals surface area contributed by atoms with Crippen LogP contribution < -0.4 is 11.1 Å². The highest BCUT2D eigenvalue weighted by Crippen LogP contribution is 2.39.